The van der Waals surface area contributed by atoms with Gasteiger partial charge in [0.25, 0.3) is 5.91 Å². The molecule has 1 aromatic heterocycles. The fourth-order valence-electron chi connectivity index (χ4n) is 2.55. The van der Waals surface area contributed by atoms with Crippen LogP contribution in [-0.2, 0) is 4.74 Å². The minimum atomic E-state index is -2.38. The average Bonchev–Trinajstić information content (AvgIpc) is 3.16. The maximum atomic E-state index is 14.3. The maximum Gasteiger partial charge on any atom is 0.350 e. The predicted octanol–water partition coefficient (Wildman–Crippen LogP) is 5.40. The van der Waals surface area contributed by atoms with E-state index in [0.29, 0.717) is 15.8 Å². The fourth-order valence-corrected chi connectivity index (χ4v) is 3.77. The number of anilines is 1. The van der Waals surface area contributed by atoms with Gasteiger partial charge in [0.1, 0.15) is 16.3 Å². The minimum absolute atomic E-state index is 0.166. The Bertz CT molecular complexity index is 1220. The SMILES string of the molecule is CCOC(=O)c1sc(NC(=O)c2cc(Br)ccc2O)nc1-c1c(F)c(F)c(F)c(F)c1F. The minimum Gasteiger partial charge on any atom is -0.507 e. The molecule has 13 heteroatoms. The van der Waals surface area contributed by atoms with E-state index in [1.54, 1.807) is 0 Å². The summed E-state index contributed by atoms with van der Waals surface area (Å²) in [5.74, 6) is -13.7. The van der Waals surface area contributed by atoms with E-state index in [1.807, 2.05) is 0 Å². The van der Waals surface area contributed by atoms with Crippen LogP contribution in [0.4, 0.5) is 27.1 Å². The van der Waals surface area contributed by atoms with Crippen molar-refractivity contribution >= 4 is 44.3 Å². The number of aromatic hydroxyl groups is 1. The van der Waals surface area contributed by atoms with Gasteiger partial charge in [0.15, 0.2) is 28.4 Å². The Hall–Kier alpha value is -3.06. The molecule has 0 aliphatic heterocycles. The quantitative estimate of drug-likeness (QED) is 0.197. The van der Waals surface area contributed by atoms with E-state index >= 15 is 0 Å². The number of thiazole rings is 1. The topological polar surface area (TPSA) is 88.5 Å². The number of rotatable bonds is 5. The summed E-state index contributed by atoms with van der Waals surface area (Å²) in [6.45, 7) is 1.26. The van der Waals surface area contributed by atoms with Gasteiger partial charge in [-0.05, 0) is 25.1 Å². The normalized spacial score (nSPS) is 10.8. The lowest BCUT2D eigenvalue weighted by Crippen LogP contribution is -2.12. The summed E-state index contributed by atoms with van der Waals surface area (Å²) >= 11 is 3.50. The lowest BCUT2D eigenvalue weighted by atomic mass is 10.1. The molecule has 32 heavy (non-hydrogen) atoms. The number of phenols is 1. The number of esters is 1. The molecule has 0 bridgehead atoms. The summed E-state index contributed by atoms with van der Waals surface area (Å²) in [7, 11) is 0. The van der Waals surface area contributed by atoms with Crippen LogP contribution >= 0.6 is 27.3 Å². The highest BCUT2D eigenvalue weighted by atomic mass is 79.9. The molecule has 2 aromatic carbocycles. The van der Waals surface area contributed by atoms with Crippen LogP contribution in [0.1, 0.15) is 27.0 Å². The van der Waals surface area contributed by atoms with Crippen molar-refractivity contribution in [3.8, 4) is 17.0 Å². The van der Waals surface area contributed by atoms with Gasteiger partial charge >= 0.3 is 5.97 Å². The second-order valence-corrected chi connectivity index (χ2v) is 7.89. The molecule has 0 saturated carbocycles. The van der Waals surface area contributed by atoms with E-state index in [9.17, 15) is 36.6 Å². The van der Waals surface area contributed by atoms with Crippen LogP contribution in [0.15, 0.2) is 22.7 Å². The molecule has 3 rings (SSSR count). The zero-order valence-corrected chi connectivity index (χ0v) is 18.1. The summed E-state index contributed by atoms with van der Waals surface area (Å²) in [4.78, 5) is 27.8. The number of hydrogen-bond acceptors (Lipinski definition) is 6. The van der Waals surface area contributed by atoms with Crippen molar-refractivity contribution in [1.29, 1.82) is 0 Å². The third kappa shape index (κ3) is 4.30. The molecule has 6 nitrogen and oxygen atoms in total. The maximum absolute atomic E-state index is 14.3. The van der Waals surface area contributed by atoms with Gasteiger partial charge in [-0.15, -0.1) is 0 Å². The lowest BCUT2D eigenvalue weighted by Gasteiger charge is -2.08. The van der Waals surface area contributed by atoms with E-state index in [2.05, 4.69) is 26.2 Å². The first-order valence-electron chi connectivity index (χ1n) is 8.56. The van der Waals surface area contributed by atoms with Gasteiger partial charge in [-0.3, -0.25) is 10.1 Å². The van der Waals surface area contributed by atoms with Crippen molar-refractivity contribution in [2.24, 2.45) is 0 Å². The van der Waals surface area contributed by atoms with Crippen molar-refractivity contribution < 1.29 is 41.4 Å². The molecule has 0 aliphatic carbocycles. The zero-order valence-electron chi connectivity index (χ0n) is 15.7. The molecule has 0 fully saturated rings. The van der Waals surface area contributed by atoms with Gasteiger partial charge in [-0.25, -0.2) is 31.7 Å². The highest BCUT2D eigenvalue weighted by Crippen LogP contribution is 2.37. The molecular weight excluding hydrogens is 527 g/mol. The summed E-state index contributed by atoms with van der Waals surface area (Å²) in [5.41, 5.74) is -2.58. The highest BCUT2D eigenvalue weighted by Gasteiger charge is 2.32. The number of carbonyl (C=O) groups excluding carboxylic acids is 2. The Balaban J connectivity index is 2.14. The second kappa shape index (κ2) is 9.20. The molecule has 1 heterocycles. The van der Waals surface area contributed by atoms with Crippen molar-refractivity contribution in [2.75, 3.05) is 11.9 Å². The highest BCUT2D eigenvalue weighted by molar-refractivity contribution is 9.10. The lowest BCUT2D eigenvalue weighted by molar-refractivity contribution is 0.0532. The van der Waals surface area contributed by atoms with Crippen molar-refractivity contribution in [2.45, 2.75) is 6.92 Å². The number of aromatic nitrogens is 1. The standard InChI is InChI=1S/C19H10BrF5N2O4S/c1-2-31-18(30)16-15(9-10(21)12(23)14(25)13(24)11(9)22)26-19(32-16)27-17(29)7-5-6(20)3-4-8(7)28/h3-5,28H,2H2,1H3,(H,26,27,29). The number of amides is 1. The monoisotopic (exact) mass is 536 g/mol. The molecular formula is C19H10BrF5N2O4S. The molecule has 0 radical (unpaired) electrons. The Morgan fingerprint density at radius 1 is 1.09 bits per heavy atom. The number of benzene rings is 2. The Morgan fingerprint density at radius 2 is 1.69 bits per heavy atom. The third-order valence-corrected chi connectivity index (χ3v) is 5.40. The van der Waals surface area contributed by atoms with Gasteiger partial charge in [0, 0.05) is 4.47 Å². The third-order valence-electron chi connectivity index (χ3n) is 3.96. The Labute approximate surface area is 188 Å². The average molecular weight is 537 g/mol. The van der Waals surface area contributed by atoms with Crippen LogP contribution in [0, 0.1) is 29.1 Å². The van der Waals surface area contributed by atoms with E-state index in [-0.39, 0.29) is 12.2 Å². The Kier molecular flexibility index (Phi) is 6.79. The number of phenolic OH excluding ortho intramolecular Hbond substituents is 1. The zero-order chi connectivity index (χ0) is 23.7. The van der Waals surface area contributed by atoms with Crippen LogP contribution in [0.25, 0.3) is 11.3 Å². The number of carbonyl (C=O) groups is 2. The number of hydrogen-bond donors (Lipinski definition) is 2. The fraction of sp³-hybridized carbons (Fsp3) is 0.105. The first-order valence-corrected chi connectivity index (χ1v) is 10.2. The molecule has 0 atom stereocenters. The van der Waals surface area contributed by atoms with E-state index in [0.717, 1.165) is 0 Å². The number of nitrogens with zero attached hydrogens (tertiary/aromatic N) is 1. The molecule has 0 spiro atoms. The summed E-state index contributed by atoms with van der Waals surface area (Å²) in [6, 6.07) is 3.93. The van der Waals surface area contributed by atoms with Crippen LogP contribution in [-0.4, -0.2) is 28.6 Å². The summed E-state index contributed by atoms with van der Waals surface area (Å²) in [6.07, 6.45) is 0. The predicted molar refractivity (Wildman–Crippen MR) is 107 cm³/mol. The number of halogens is 6. The van der Waals surface area contributed by atoms with E-state index < -0.39 is 68.0 Å². The van der Waals surface area contributed by atoms with Crippen molar-refractivity contribution in [1.82, 2.24) is 4.98 Å². The van der Waals surface area contributed by atoms with E-state index in [4.69, 9.17) is 4.74 Å². The van der Waals surface area contributed by atoms with Crippen molar-refractivity contribution in [3.63, 3.8) is 0 Å². The van der Waals surface area contributed by atoms with Crippen molar-refractivity contribution in [3.05, 3.63) is 62.2 Å². The Morgan fingerprint density at radius 3 is 2.28 bits per heavy atom. The first kappa shape index (κ1) is 23.6. The largest absolute Gasteiger partial charge is 0.507 e. The van der Waals surface area contributed by atoms with Gasteiger partial charge in [-0.1, -0.05) is 27.3 Å². The van der Waals surface area contributed by atoms with Crippen LogP contribution in [0.5, 0.6) is 5.75 Å². The van der Waals surface area contributed by atoms with Crippen LogP contribution in [0.3, 0.4) is 0 Å². The molecule has 3 aromatic rings. The second-order valence-electron chi connectivity index (χ2n) is 5.98. The van der Waals surface area contributed by atoms with Gasteiger partial charge in [-0.2, -0.15) is 0 Å². The molecule has 0 saturated heterocycles. The van der Waals surface area contributed by atoms with Gasteiger partial charge < -0.3 is 9.84 Å². The molecule has 2 N–H and O–H groups in total. The summed E-state index contributed by atoms with van der Waals surface area (Å²) in [5, 5.41) is 11.6. The molecule has 168 valence electrons. The van der Waals surface area contributed by atoms with Crippen LogP contribution in [0.2, 0.25) is 0 Å². The number of nitrogens with one attached hydrogen (secondary N) is 1. The smallest absolute Gasteiger partial charge is 0.350 e. The van der Waals surface area contributed by atoms with Crippen LogP contribution < -0.4 is 5.32 Å². The summed E-state index contributed by atoms with van der Waals surface area (Å²) < 4.78 is 74.6. The molecule has 1 amide bonds. The molecule has 0 aliphatic rings. The number of ether oxygens (including phenoxy) is 1. The first-order chi connectivity index (χ1) is 15.1. The van der Waals surface area contributed by atoms with E-state index in [1.165, 1.54) is 25.1 Å². The van der Waals surface area contributed by atoms with Gasteiger partial charge in [0.2, 0.25) is 5.82 Å². The van der Waals surface area contributed by atoms with Gasteiger partial charge in [0.05, 0.1) is 17.7 Å². The molecule has 0 unspecified atom stereocenters.